The Labute approximate surface area is 297 Å². The van der Waals surface area contributed by atoms with E-state index >= 15 is 0 Å². The minimum atomic E-state index is -1.11. The standard InChI is InChI=1S/C43H79NO4/c1-3-5-7-9-11-13-15-17-18-19-20-21-22-23-24-26-28-30-32-34-36-38-42(47)43(48)44-40(39-45)41(46)37-35-33-31-29-27-25-16-14-12-10-8-6-4-2/h12,14,22-23,27,29,35,37,40-42,45-47H,3-11,13,15-21,24-26,28,30-34,36,38-39H2,1-2H3,(H,44,48)/b14-12+,23-22-,29-27+,37-35+. The molecule has 0 bridgehead atoms. The molecule has 0 aromatic heterocycles. The first-order valence-electron chi connectivity index (χ1n) is 20.5. The predicted octanol–water partition coefficient (Wildman–Crippen LogP) is 11.4. The van der Waals surface area contributed by atoms with E-state index in [0.29, 0.717) is 6.42 Å². The van der Waals surface area contributed by atoms with Crippen molar-refractivity contribution >= 4 is 5.91 Å². The maximum absolute atomic E-state index is 12.4. The molecule has 0 heterocycles. The second-order valence-electron chi connectivity index (χ2n) is 13.8. The van der Waals surface area contributed by atoms with Crippen LogP contribution in [0.15, 0.2) is 48.6 Å². The van der Waals surface area contributed by atoms with Crippen LogP contribution in [0.2, 0.25) is 0 Å². The van der Waals surface area contributed by atoms with Gasteiger partial charge in [0, 0.05) is 0 Å². The molecule has 0 radical (unpaired) electrons. The van der Waals surface area contributed by atoms with Crippen LogP contribution in [0.1, 0.15) is 194 Å². The van der Waals surface area contributed by atoms with Gasteiger partial charge in [-0.05, 0) is 70.6 Å². The number of unbranched alkanes of at least 4 members (excludes halogenated alkanes) is 22. The average molecular weight is 674 g/mol. The van der Waals surface area contributed by atoms with Gasteiger partial charge in [0.15, 0.2) is 0 Å². The van der Waals surface area contributed by atoms with E-state index in [-0.39, 0.29) is 6.61 Å². The van der Waals surface area contributed by atoms with Gasteiger partial charge in [-0.1, -0.05) is 172 Å². The number of aliphatic hydroxyl groups is 3. The van der Waals surface area contributed by atoms with Gasteiger partial charge in [0.1, 0.15) is 6.10 Å². The van der Waals surface area contributed by atoms with Crippen LogP contribution in [-0.2, 0) is 4.79 Å². The summed E-state index contributed by atoms with van der Waals surface area (Å²) in [5, 5.41) is 33.0. The number of amides is 1. The summed E-state index contributed by atoms with van der Waals surface area (Å²) in [7, 11) is 0. The molecule has 0 aromatic rings. The lowest BCUT2D eigenvalue weighted by atomic mass is 10.0. The molecule has 0 saturated heterocycles. The van der Waals surface area contributed by atoms with Crippen LogP contribution >= 0.6 is 0 Å². The molecule has 0 spiro atoms. The molecule has 5 nitrogen and oxygen atoms in total. The molecule has 0 aliphatic heterocycles. The van der Waals surface area contributed by atoms with Gasteiger partial charge in [0.05, 0.1) is 18.8 Å². The molecule has 4 N–H and O–H groups in total. The molecule has 1 amide bonds. The summed E-state index contributed by atoms with van der Waals surface area (Å²) in [5.74, 6) is -0.524. The monoisotopic (exact) mass is 674 g/mol. The van der Waals surface area contributed by atoms with E-state index in [1.807, 2.05) is 6.08 Å². The first-order chi connectivity index (χ1) is 23.6. The number of allylic oxidation sites excluding steroid dienone is 7. The van der Waals surface area contributed by atoms with Crippen molar-refractivity contribution in [1.29, 1.82) is 0 Å². The zero-order chi connectivity index (χ0) is 35.2. The topological polar surface area (TPSA) is 89.8 Å². The molecular weight excluding hydrogens is 594 g/mol. The Morgan fingerprint density at radius 3 is 1.31 bits per heavy atom. The smallest absolute Gasteiger partial charge is 0.249 e. The fourth-order valence-corrected chi connectivity index (χ4v) is 5.86. The molecule has 0 aromatic carbocycles. The van der Waals surface area contributed by atoms with Gasteiger partial charge in [-0.2, -0.15) is 0 Å². The van der Waals surface area contributed by atoms with Crippen molar-refractivity contribution in [3.05, 3.63) is 48.6 Å². The normalized spacial score (nSPS) is 14.2. The summed E-state index contributed by atoms with van der Waals surface area (Å²) in [4.78, 5) is 12.4. The summed E-state index contributed by atoms with van der Waals surface area (Å²) in [5.41, 5.74) is 0. The van der Waals surface area contributed by atoms with Crippen LogP contribution in [0.5, 0.6) is 0 Å². The molecular formula is C43H79NO4. The van der Waals surface area contributed by atoms with E-state index in [1.165, 1.54) is 128 Å². The van der Waals surface area contributed by atoms with E-state index in [4.69, 9.17) is 0 Å². The average Bonchev–Trinajstić information content (AvgIpc) is 3.09. The van der Waals surface area contributed by atoms with Gasteiger partial charge >= 0.3 is 0 Å². The second kappa shape index (κ2) is 38.1. The third-order valence-electron chi connectivity index (χ3n) is 9.12. The molecule has 48 heavy (non-hydrogen) atoms. The Bertz CT molecular complexity index is 790. The quantitative estimate of drug-likeness (QED) is 0.0393. The summed E-state index contributed by atoms with van der Waals surface area (Å²) in [6, 6.07) is -0.822. The van der Waals surface area contributed by atoms with Crippen molar-refractivity contribution in [2.24, 2.45) is 0 Å². The summed E-state index contributed by atoms with van der Waals surface area (Å²) in [6.07, 6.45) is 48.5. The van der Waals surface area contributed by atoms with E-state index in [0.717, 1.165) is 44.9 Å². The Morgan fingerprint density at radius 1 is 0.500 bits per heavy atom. The maximum Gasteiger partial charge on any atom is 0.249 e. The predicted molar refractivity (Wildman–Crippen MR) is 208 cm³/mol. The van der Waals surface area contributed by atoms with Crippen LogP contribution in [0.4, 0.5) is 0 Å². The summed E-state index contributed by atoms with van der Waals surface area (Å²) in [6.45, 7) is 4.12. The number of aliphatic hydroxyl groups excluding tert-OH is 3. The molecule has 0 aliphatic rings. The van der Waals surface area contributed by atoms with Crippen LogP contribution < -0.4 is 5.32 Å². The molecule has 0 fully saturated rings. The third-order valence-corrected chi connectivity index (χ3v) is 9.12. The van der Waals surface area contributed by atoms with Gasteiger partial charge in [-0.15, -0.1) is 0 Å². The number of nitrogens with one attached hydrogen (secondary N) is 1. The number of rotatable bonds is 36. The number of hydrogen-bond acceptors (Lipinski definition) is 4. The minimum absolute atomic E-state index is 0.385. The SMILES string of the molecule is CCCCC/C=C/CC/C=C/CC/C=C/C(O)C(CO)NC(=O)C(O)CCCCCCCC/C=C\CCCCCCCCCCCCC. The Kier molecular flexibility index (Phi) is 36.8. The minimum Gasteiger partial charge on any atom is -0.394 e. The van der Waals surface area contributed by atoms with Crippen LogP contribution in [0, 0.1) is 0 Å². The maximum atomic E-state index is 12.4. The molecule has 3 unspecified atom stereocenters. The van der Waals surface area contributed by atoms with Crippen LogP contribution in [-0.4, -0.2) is 46.1 Å². The van der Waals surface area contributed by atoms with E-state index in [9.17, 15) is 20.1 Å². The first-order valence-corrected chi connectivity index (χ1v) is 20.5. The lowest BCUT2D eigenvalue weighted by Gasteiger charge is -2.21. The Balaban J connectivity index is 3.74. The van der Waals surface area contributed by atoms with E-state index < -0.39 is 24.2 Å². The van der Waals surface area contributed by atoms with Crippen LogP contribution in [0.3, 0.4) is 0 Å². The van der Waals surface area contributed by atoms with Gasteiger partial charge in [-0.3, -0.25) is 4.79 Å². The van der Waals surface area contributed by atoms with Gasteiger partial charge < -0.3 is 20.6 Å². The molecule has 0 aliphatic carbocycles. The lowest BCUT2D eigenvalue weighted by molar-refractivity contribution is -0.131. The highest BCUT2D eigenvalue weighted by Gasteiger charge is 2.22. The fraction of sp³-hybridized carbons (Fsp3) is 0.791. The highest BCUT2D eigenvalue weighted by Crippen LogP contribution is 2.14. The summed E-state index contributed by atoms with van der Waals surface area (Å²) < 4.78 is 0. The lowest BCUT2D eigenvalue weighted by Crippen LogP contribution is -2.48. The van der Waals surface area contributed by atoms with Gasteiger partial charge in [-0.25, -0.2) is 0 Å². The molecule has 0 saturated carbocycles. The molecule has 3 atom stereocenters. The van der Waals surface area contributed by atoms with E-state index in [2.05, 4.69) is 55.6 Å². The molecule has 5 heteroatoms. The zero-order valence-corrected chi connectivity index (χ0v) is 31.6. The van der Waals surface area contributed by atoms with Crippen molar-refractivity contribution in [2.75, 3.05) is 6.61 Å². The van der Waals surface area contributed by atoms with Crippen molar-refractivity contribution < 1.29 is 20.1 Å². The van der Waals surface area contributed by atoms with E-state index in [1.54, 1.807) is 6.08 Å². The van der Waals surface area contributed by atoms with Crippen LogP contribution in [0.25, 0.3) is 0 Å². The second-order valence-corrected chi connectivity index (χ2v) is 13.8. The number of carbonyl (C=O) groups excluding carboxylic acids is 1. The fourth-order valence-electron chi connectivity index (χ4n) is 5.86. The zero-order valence-electron chi connectivity index (χ0n) is 31.6. The van der Waals surface area contributed by atoms with Gasteiger partial charge in [0.25, 0.3) is 0 Å². The molecule has 0 rings (SSSR count). The highest BCUT2D eigenvalue weighted by molar-refractivity contribution is 5.80. The Hall–Kier alpha value is -1.69. The number of carbonyl (C=O) groups is 1. The third kappa shape index (κ3) is 32.8. The van der Waals surface area contributed by atoms with Crippen molar-refractivity contribution in [3.8, 4) is 0 Å². The first kappa shape index (κ1) is 46.3. The largest absolute Gasteiger partial charge is 0.394 e. The highest BCUT2D eigenvalue weighted by atomic mass is 16.3. The number of hydrogen-bond donors (Lipinski definition) is 4. The van der Waals surface area contributed by atoms with Crippen molar-refractivity contribution in [1.82, 2.24) is 5.32 Å². The van der Waals surface area contributed by atoms with Crippen molar-refractivity contribution in [2.45, 2.75) is 212 Å². The summed E-state index contributed by atoms with van der Waals surface area (Å²) >= 11 is 0. The van der Waals surface area contributed by atoms with Crippen molar-refractivity contribution in [3.63, 3.8) is 0 Å². The van der Waals surface area contributed by atoms with Gasteiger partial charge in [0.2, 0.25) is 5.91 Å². The molecule has 280 valence electrons. The Morgan fingerprint density at radius 2 is 0.854 bits per heavy atom.